The lowest BCUT2D eigenvalue weighted by molar-refractivity contribution is -0.118. The van der Waals surface area contributed by atoms with Gasteiger partial charge in [0, 0.05) is 31.9 Å². The van der Waals surface area contributed by atoms with E-state index in [9.17, 15) is 9.59 Å². The first kappa shape index (κ1) is 17.2. The van der Waals surface area contributed by atoms with Crippen LogP contribution < -0.4 is 21.7 Å². The largest absolute Gasteiger partial charge is 0.365 e. The van der Waals surface area contributed by atoms with Crippen LogP contribution in [0.1, 0.15) is 22.8 Å². The molecule has 0 bridgehead atoms. The first-order valence-electron chi connectivity index (χ1n) is 7.44. The fraction of sp³-hybridized carbons (Fsp3) is 0.250. The molecule has 0 spiro atoms. The highest BCUT2D eigenvalue weighted by molar-refractivity contribution is 5.98. The van der Waals surface area contributed by atoms with Crippen LogP contribution in [-0.4, -0.2) is 34.9 Å². The normalized spacial score (nSPS) is 10.1. The van der Waals surface area contributed by atoms with Crippen LogP contribution in [0.3, 0.4) is 0 Å². The van der Waals surface area contributed by atoms with Crippen LogP contribution >= 0.6 is 0 Å². The molecule has 1 aromatic heterocycles. The molecular weight excluding hydrogens is 308 g/mol. The van der Waals surface area contributed by atoms with Crippen LogP contribution in [0.25, 0.3) is 0 Å². The van der Waals surface area contributed by atoms with Gasteiger partial charge in [0.15, 0.2) is 0 Å². The average molecular weight is 328 g/mol. The van der Waals surface area contributed by atoms with Crippen molar-refractivity contribution >= 4 is 29.3 Å². The van der Waals surface area contributed by atoms with E-state index in [1.807, 2.05) is 31.2 Å². The highest BCUT2D eigenvalue weighted by Gasteiger charge is 2.12. The third-order valence-corrected chi connectivity index (χ3v) is 3.12. The summed E-state index contributed by atoms with van der Waals surface area (Å²) < 4.78 is 0. The summed E-state index contributed by atoms with van der Waals surface area (Å²) in [5.74, 6) is -0.0656. The molecular formula is C16H20N6O2. The molecule has 0 saturated heterocycles. The molecule has 8 heteroatoms. The Labute approximate surface area is 139 Å². The number of anilines is 3. The van der Waals surface area contributed by atoms with E-state index in [1.54, 1.807) is 0 Å². The second-order valence-corrected chi connectivity index (χ2v) is 5.22. The Morgan fingerprint density at radius 3 is 2.71 bits per heavy atom. The summed E-state index contributed by atoms with van der Waals surface area (Å²) in [6.07, 6.45) is 1.37. The van der Waals surface area contributed by atoms with Crippen LogP contribution in [-0.2, 0) is 4.79 Å². The van der Waals surface area contributed by atoms with Gasteiger partial charge in [-0.3, -0.25) is 9.59 Å². The van der Waals surface area contributed by atoms with Gasteiger partial charge in [0.25, 0.3) is 5.91 Å². The molecule has 0 aliphatic carbocycles. The first-order chi connectivity index (χ1) is 11.5. The van der Waals surface area contributed by atoms with E-state index in [0.29, 0.717) is 24.9 Å². The van der Waals surface area contributed by atoms with Crippen molar-refractivity contribution in [1.82, 2.24) is 15.3 Å². The van der Waals surface area contributed by atoms with E-state index in [-0.39, 0.29) is 11.5 Å². The third kappa shape index (κ3) is 4.94. The summed E-state index contributed by atoms with van der Waals surface area (Å²) in [6, 6.07) is 7.66. The molecule has 126 valence electrons. The Balaban J connectivity index is 2.15. The molecule has 0 atom stereocenters. The zero-order chi connectivity index (χ0) is 17.5. The minimum absolute atomic E-state index is 0.108. The maximum absolute atomic E-state index is 11.6. The number of benzene rings is 1. The summed E-state index contributed by atoms with van der Waals surface area (Å²) >= 11 is 0. The van der Waals surface area contributed by atoms with Crippen LogP contribution in [0.15, 0.2) is 30.5 Å². The van der Waals surface area contributed by atoms with E-state index in [0.717, 1.165) is 11.3 Å². The van der Waals surface area contributed by atoms with Crippen LogP contribution in [0.4, 0.5) is 17.5 Å². The summed E-state index contributed by atoms with van der Waals surface area (Å²) in [4.78, 5) is 30.7. The lowest BCUT2D eigenvalue weighted by Gasteiger charge is -2.12. The molecule has 1 aromatic carbocycles. The van der Waals surface area contributed by atoms with Crippen molar-refractivity contribution in [2.75, 3.05) is 23.7 Å². The highest BCUT2D eigenvalue weighted by atomic mass is 16.1. The summed E-state index contributed by atoms with van der Waals surface area (Å²) in [7, 11) is 0. The smallest absolute Gasteiger partial charge is 0.254 e. The number of aromatic nitrogens is 2. The highest BCUT2D eigenvalue weighted by Crippen LogP contribution is 2.20. The van der Waals surface area contributed by atoms with Crippen molar-refractivity contribution in [3.63, 3.8) is 0 Å². The lowest BCUT2D eigenvalue weighted by atomic mass is 10.2. The van der Waals surface area contributed by atoms with Crippen LogP contribution in [0.2, 0.25) is 0 Å². The van der Waals surface area contributed by atoms with Gasteiger partial charge >= 0.3 is 0 Å². The van der Waals surface area contributed by atoms with E-state index in [4.69, 9.17) is 5.73 Å². The Bertz CT molecular complexity index is 747. The molecule has 8 nitrogen and oxygen atoms in total. The summed E-state index contributed by atoms with van der Waals surface area (Å²) in [5, 5.41) is 8.72. The number of hydrogen-bond donors (Lipinski definition) is 4. The molecule has 2 aromatic rings. The number of hydrogen-bond acceptors (Lipinski definition) is 6. The zero-order valence-corrected chi connectivity index (χ0v) is 13.6. The standard InChI is InChI=1S/C16H20N6O2/c1-10-4-3-5-12(8-10)21-15-13(14(17)24)9-20-16(22-15)19-7-6-18-11(2)23/h3-5,8-9H,6-7H2,1-2H3,(H2,17,24)(H,18,23)(H2,19,20,21,22). The lowest BCUT2D eigenvalue weighted by Crippen LogP contribution is -2.26. The van der Waals surface area contributed by atoms with E-state index in [1.165, 1.54) is 13.1 Å². The van der Waals surface area contributed by atoms with Gasteiger partial charge in [0.2, 0.25) is 11.9 Å². The molecule has 0 aliphatic heterocycles. The topological polar surface area (TPSA) is 122 Å². The number of rotatable bonds is 7. The van der Waals surface area contributed by atoms with Gasteiger partial charge in [-0.05, 0) is 24.6 Å². The van der Waals surface area contributed by atoms with Crippen LogP contribution in [0.5, 0.6) is 0 Å². The minimum Gasteiger partial charge on any atom is -0.365 e. The van der Waals surface area contributed by atoms with Crippen molar-refractivity contribution in [2.45, 2.75) is 13.8 Å². The molecule has 0 unspecified atom stereocenters. The maximum Gasteiger partial charge on any atom is 0.254 e. The Morgan fingerprint density at radius 2 is 2.04 bits per heavy atom. The second kappa shape index (κ2) is 7.91. The van der Waals surface area contributed by atoms with Gasteiger partial charge < -0.3 is 21.7 Å². The number of carbonyl (C=O) groups excluding carboxylic acids is 2. The predicted molar refractivity (Wildman–Crippen MR) is 92.2 cm³/mol. The van der Waals surface area contributed by atoms with Crippen molar-refractivity contribution < 1.29 is 9.59 Å². The Morgan fingerprint density at radius 1 is 1.25 bits per heavy atom. The zero-order valence-electron chi connectivity index (χ0n) is 13.6. The second-order valence-electron chi connectivity index (χ2n) is 5.22. The number of primary amides is 1. The number of nitrogens with zero attached hydrogens (tertiary/aromatic N) is 2. The number of carbonyl (C=O) groups is 2. The summed E-state index contributed by atoms with van der Waals surface area (Å²) in [5.41, 5.74) is 7.44. The van der Waals surface area contributed by atoms with E-state index < -0.39 is 5.91 Å². The molecule has 0 fully saturated rings. The Hall–Kier alpha value is -3.16. The molecule has 5 N–H and O–H groups in total. The SMILES string of the molecule is CC(=O)NCCNc1ncc(C(N)=O)c(Nc2cccc(C)c2)n1. The van der Waals surface area contributed by atoms with Gasteiger partial charge in [-0.15, -0.1) is 0 Å². The number of amides is 2. The molecule has 2 amide bonds. The van der Waals surface area contributed by atoms with Gasteiger partial charge in [-0.25, -0.2) is 4.98 Å². The molecule has 1 heterocycles. The average Bonchev–Trinajstić information content (AvgIpc) is 2.51. The number of nitrogens with one attached hydrogen (secondary N) is 3. The third-order valence-electron chi connectivity index (χ3n) is 3.12. The molecule has 2 rings (SSSR count). The predicted octanol–water partition coefficient (Wildman–Crippen LogP) is 1.18. The van der Waals surface area contributed by atoms with E-state index >= 15 is 0 Å². The maximum atomic E-state index is 11.6. The van der Waals surface area contributed by atoms with Crippen molar-refractivity contribution in [1.29, 1.82) is 0 Å². The fourth-order valence-electron chi connectivity index (χ4n) is 2.01. The molecule has 0 aliphatic rings. The molecule has 0 radical (unpaired) electrons. The van der Waals surface area contributed by atoms with Gasteiger partial charge in [0.1, 0.15) is 11.4 Å². The number of nitrogens with two attached hydrogens (primary N) is 1. The van der Waals surface area contributed by atoms with Gasteiger partial charge in [-0.2, -0.15) is 4.98 Å². The minimum atomic E-state index is -0.616. The monoisotopic (exact) mass is 328 g/mol. The van der Waals surface area contributed by atoms with Crippen molar-refractivity contribution in [2.24, 2.45) is 5.73 Å². The fourth-order valence-corrected chi connectivity index (χ4v) is 2.01. The molecule has 24 heavy (non-hydrogen) atoms. The van der Waals surface area contributed by atoms with Crippen molar-refractivity contribution in [3.05, 3.63) is 41.6 Å². The quantitative estimate of drug-likeness (QED) is 0.566. The Kier molecular flexibility index (Phi) is 5.67. The van der Waals surface area contributed by atoms with Gasteiger partial charge in [0.05, 0.1) is 0 Å². The van der Waals surface area contributed by atoms with Crippen LogP contribution in [0, 0.1) is 6.92 Å². The number of aryl methyl sites for hydroxylation is 1. The van der Waals surface area contributed by atoms with Gasteiger partial charge in [-0.1, -0.05) is 12.1 Å². The van der Waals surface area contributed by atoms with E-state index in [2.05, 4.69) is 25.9 Å². The molecule has 0 saturated carbocycles. The summed E-state index contributed by atoms with van der Waals surface area (Å²) in [6.45, 7) is 4.31. The van der Waals surface area contributed by atoms with Crippen molar-refractivity contribution in [3.8, 4) is 0 Å². The first-order valence-corrected chi connectivity index (χ1v) is 7.44.